The summed E-state index contributed by atoms with van der Waals surface area (Å²) >= 11 is 0. The summed E-state index contributed by atoms with van der Waals surface area (Å²) in [5, 5.41) is 2.99. The third-order valence-electron chi connectivity index (χ3n) is 5.47. The molecule has 0 aromatic heterocycles. The predicted molar refractivity (Wildman–Crippen MR) is 114 cm³/mol. The van der Waals surface area contributed by atoms with Crippen molar-refractivity contribution in [1.29, 1.82) is 0 Å². The third kappa shape index (κ3) is 4.62. The van der Waals surface area contributed by atoms with Crippen molar-refractivity contribution in [2.45, 2.75) is 38.5 Å². The predicted octanol–water partition coefficient (Wildman–Crippen LogP) is 3.66. The maximum Gasteiger partial charge on any atom is 0.243 e. The van der Waals surface area contributed by atoms with Gasteiger partial charge in [-0.05, 0) is 69.0 Å². The van der Waals surface area contributed by atoms with Crippen LogP contribution in [0.3, 0.4) is 0 Å². The van der Waals surface area contributed by atoms with Crippen molar-refractivity contribution in [3.63, 3.8) is 0 Å². The van der Waals surface area contributed by atoms with Gasteiger partial charge in [-0.3, -0.25) is 4.79 Å². The molecule has 0 bridgehead atoms. The van der Waals surface area contributed by atoms with E-state index in [9.17, 15) is 13.2 Å². The van der Waals surface area contributed by atoms with Crippen LogP contribution in [0.25, 0.3) is 0 Å². The van der Waals surface area contributed by atoms with Gasteiger partial charge in [0.15, 0.2) is 0 Å². The van der Waals surface area contributed by atoms with Crippen LogP contribution in [-0.4, -0.2) is 38.8 Å². The Balaban J connectivity index is 1.65. The van der Waals surface area contributed by atoms with Gasteiger partial charge in [-0.25, -0.2) is 8.42 Å². The molecule has 6 nitrogen and oxygen atoms in total. The number of sulfonamides is 1. The van der Waals surface area contributed by atoms with Crippen LogP contribution in [0.4, 0.5) is 5.69 Å². The lowest BCUT2D eigenvalue weighted by atomic mass is 9.97. The summed E-state index contributed by atoms with van der Waals surface area (Å²) in [4.78, 5) is 12.9. The Hall–Kier alpha value is -2.38. The average molecular weight is 417 g/mol. The van der Waals surface area contributed by atoms with E-state index in [-0.39, 0.29) is 16.7 Å². The van der Waals surface area contributed by atoms with E-state index in [0.717, 1.165) is 22.4 Å². The summed E-state index contributed by atoms with van der Waals surface area (Å²) in [6.45, 7) is 6.46. The van der Waals surface area contributed by atoms with Crippen LogP contribution in [0, 0.1) is 26.7 Å². The van der Waals surface area contributed by atoms with Gasteiger partial charge in [0.2, 0.25) is 15.9 Å². The van der Waals surface area contributed by atoms with Crippen LogP contribution in [0.15, 0.2) is 41.3 Å². The molecular weight excluding hydrogens is 388 g/mol. The molecule has 1 N–H and O–H groups in total. The number of anilines is 1. The lowest BCUT2D eigenvalue weighted by molar-refractivity contribution is -0.120. The number of benzene rings is 2. The summed E-state index contributed by atoms with van der Waals surface area (Å²) in [7, 11) is -2.02. The van der Waals surface area contributed by atoms with Crippen LogP contribution >= 0.6 is 0 Å². The second-order valence-electron chi connectivity index (χ2n) is 7.62. The molecule has 2 aromatic carbocycles. The molecule has 0 saturated carbocycles. The zero-order valence-corrected chi connectivity index (χ0v) is 18.2. The Morgan fingerprint density at radius 2 is 1.72 bits per heavy atom. The number of hydrogen-bond donors (Lipinski definition) is 1. The van der Waals surface area contributed by atoms with Crippen LogP contribution in [0.1, 0.15) is 29.5 Å². The van der Waals surface area contributed by atoms with Crippen molar-refractivity contribution in [3.8, 4) is 5.75 Å². The Morgan fingerprint density at radius 3 is 2.31 bits per heavy atom. The maximum absolute atomic E-state index is 13.0. The summed E-state index contributed by atoms with van der Waals surface area (Å²) < 4.78 is 32.6. The van der Waals surface area contributed by atoms with Gasteiger partial charge in [-0.1, -0.05) is 17.7 Å². The van der Waals surface area contributed by atoms with E-state index in [4.69, 9.17) is 4.74 Å². The highest BCUT2D eigenvalue weighted by molar-refractivity contribution is 7.89. The van der Waals surface area contributed by atoms with E-state index in [1.165, 1.54) is 4.31 Å². The van der Waals surface area contributed by atoms with E-state index < -0.39 is 10.0 Å². The van der Waals surface area contributed by atoms with Crippen LogP contribution < -0.4 is 10.1 Å². The van der Waals surface area contributed by atoms with Crippen LogP contribution in [-0.2, 0) is 14.8 Å². The standard InChI is InChI=1S/C22H28N2O4S/c1-15-5-7-20(16(2)13-15)23-22(25)18-9-11-24(12-10-18)29(26,27)19-6-8-21(28-4)17(3)14-19/h5-8,13-14,18H,9-12H2,1-4H3,(H,23,25). The van der Waals surface area contributed by atoms with E-state index in [0.29, 0.717) is 31.7 Å². The molecule has 1 aliphatic heterocycles. The molecule has 0 spiro atoms. The molecule has 0 unspecified atom stereocenters. The minimum Gasteiger partial charge on any atom is -0.496 e. The molecule has 3 rings (SSSR count). The number of piperidine rings is 1. The highest BCUT2D eigenvalue weighted by Gasteiger charge is 2.32. The molecule has 156 valence electrons. The van der Waals surface area contributed by atoms with Gasteiger partial charge >= 0.3 is 0 Å². The molecule has 29 heavy (non-hydrogen) atoms. The third-order valence-corrected chi connectivity index (χ3v) is 7.36. The largest absolute Gasteiger partial charge is 0.496 e. The number of hydrogen-bond acceptors (Lipinski definition) is 4. The van der Waals surface area contributed by atoms with Crippen molar-refractivity contribution >= 4 is 21.6 Å². The van der Waals surface area contributed by atoms with Gasteiger partial charge in [-0.2, -0.15) is 4.31 Å². The average Bonchev–Trinajstić information content (AvgIpc) is 2.70. The number of carbonyl (C=O) groups excluding carboxylic acids is 1. The number of methoxy groups -OCH3 is 1. The summed E-state index contributed by atoms with van der Waals surface area (Å²) in [6, 6.07) is 10.8. The minimum atomic E-state index is -3.58. The zero-order valence-electron chi connectivity index (χ0n) is 17.4. The molecular formula is C22H28N2O4S. The van der Waals surface area contributed by atoms with Crippen molar-refractivity contribution in [3.05, 3.63) is 53.1 Å². The number of aryl methyl sites for hydroxylation is 3. The number of ether oxygens (including phenoxy) is 1. The van der Waals surface area contributed by atoms with Crippen molar-refractivity contribution in [1.82, 2.24) is 4.31 Å². The highest BCUT2D eigenvalue weighted by atomic mass is 32.2. The SMILES string of the molecule is COc1ccc(S(=O)(=O)N2CCC(C(=O)Nc3ccc(C)cc3C)CC2)cc1C. The van der Waals surface area contributed by atoms with Crippen molar-refractivity contribution < 1.29 is 17.9 Å². The molecule has 0 radical (unpaired) electrons. The summed E-state index contributed by atoms with van der Waals surface area (Å²) in [5.41, 5.74) is 3.75. The number of amides is 1. The first-order chi connectivity index (χ1) is 13.7. The Labute approximate surface area is 172 Å². The minimum absolute atomic E-state index is 0.0470. The lowest BCUT2D eigenvalue weighted by Crippen LogP contribution is -2.41. The fourth-order valence-corrected chi connectivity index (χ4v) is 5.26. The highest BCUT2D eigenvalue weighted by Crippen LogP contribution is 2.28. The molecule has 7 heteroatoms. The zero-order chi connectivity index (χ0) is 21.2. The first-order valence-corrected chi connectivity index (χ1v) is 11.2. The molecule has 1 fully saturated rings. The molecule has 1 aliphatic rings. The van der Waals surface area contributed by atoms with E-state index in [1.807, 2.05) is 39.0 Å². The molecule has 1 amide bonds. The molecule has 1 heterocycles. The molecule has 0 aliphatic carbocycles. The Morgan fingerprint density at radius 1 is 1.03 bits per heavy atom. The monoisotopic (exact) mass is 416 g/mol. The Kier molecular flexibility index (Phi) is 6.29. The van der Waals surface area contributed by atoms with Gasteiger partial charge in [-0.15, -0.1) is 0 Å². The number of nitrogens with zero attached hydrogens (tertiary/aromatic N) is 1. The normalized spacial score (nSPS) is 15.9. The molecule has 2 aromatic rings. The fourth-order valence-electron chi connectivity index (χ4n) is 3.71. The lowest BCUT2D eigenvalue weighted by Gasteiger charge is -2.30. The van der Waals surface area contributed by atoms with Gasteiger partial charge in [0, 0.05) is 24.7 Å². The number of nitrogens with one attached hydrogen (secondary N) is 1. The van der Waals surface area contributed by atoms with E-state index in [2.05, 4.69) is 5.32 Å². The van der Waals surface area contributed by atoms with Crippen molar-refractivity contribution in [2.24, 2.45) is 5.92 Å². The van der Waals surface area contributed by atoms with Crippen molar-refractivity contribution in [2.75, 3.05) is 25.5 Å². The van der Waals surface area contributed by atoms with Crippen LogP contribution in [0.5, 0.6) is 5.75 Å². The molecule has 0 atom stereocenters. The van der Waals surface area contributed by atoms with Gasteiger partial charge in [0.1, 0.15) is 5.75 Å². The Bertz CT molecular complexity index is 1010. The number of rotatable bonds is 5. The topological polar surface area (TPSA) is 75.7 Å². The van der Waals surface area contributed by atoms with E-state index >= 15 is 0 Å². The van der Waals surface area contributed by atoms with Gasteiger partial charge < -0.3 is 10.1 Å². The fraction of sp³-hybridized carbons (Fsp3) is 0.409. The number of carbonyl (C=O) groups is 1. The summed E-state index contributed by atoms with van der Waals surface area (Å²) in [6.07, 6.45) is 1.01. The maximum atomic E-state index is 13.0. The second kappa shape index (κ2) is 8.55. The molecule has 1 saturated heterocycles. The van der Waals surface area contributed by atoms with Gasteiger partial charge in [0.25, 0.3) is 0 Å². The van der Waals surface area contributed by atoms with E-state index in [1.54, 1.807) is 25.3 Å². The van der Waals surface area contributed by atoms with Gasteiger partial charge in [0.05, 0.1) is 12.0 Å². The summed E-state index contributed by atoms with van der Waals surface area (Å²) in [5.74, 6) is 0.416. The van der Waals surface area contributed by atoms with Crippen LogP contribution in [0.2, 0.25) is 0 Å². The second-order valence-corrected chi connectivity index (χ2v) is 9.56. The smallest absolute Gasteiger partial charge is 0.243 e. The first-order valence-electron chi connectivity index (χ1n) is 9.75. The first kappa shape index (κ1) is 21.3. The quantitative estimate of drug-likeness (QED) is 0.807.